The van der Waals surface area contributed by atoms with Crippen LogP contribution in [0, 0.1) is 6.92 Å². The van der Waals surface area contributed by atoms with Gasteiger partial charge in [0.1, 0.15) is 16.4 Å². The van der Waals surface area contributed by atoms with Crippen molar-refractivity contribution in [3.8, 4) is 5.69 Å². The maximum absolute atomic E-state index is 12.9. The van der Waals surface area contributed by atoms with Gasteiger partial charge in [0.05, 0.1) is 35.1 Å². The molecule has 0 unspecified atom stereocenters. The van der Waals surface area contributed by atoms with Crippen molar-refractivity contribution in [1.82, 2.24) is 14.7 Å². The summed E-state index contributed by atoms with van der Waals surface area (Å²) in [4.78, 5) is 37.6. The number of rotatable bonds is 8. The van der Waals surface area contributed by atoms with Gasteiger partial charge in [-0.3, -0.25) is 19.1 Å². The van der Waals surface area contributed by atoms with Gasteiger partial charge in [-0.2, -0.15) is 8.42 Å². The van der Waals surface area contributed by atoms with Crippen LogP contribution in [-0.2, 0) is 26.7 Å². The highest BCUT2D eigenvalue weighted by atomic mass is 32.2. The Kier molecular flexibility index (Phi) is 7.31. The average molecular weight is 529 g/mol. The fourth-order valence-corrected chi connectivity index (χ4v) is 5.39. The molecule has 11 nitrogen and oxygen atoms in total. The number of para-hydroxylation sites is 2. The van der Waals surface area contributed by atoms with Gasteiger partial charge in [-0.05, 0) is 31.2 Å². The summed E-state index contributed by atoms with van der Waals surface area (Å²) in [6.07, 6.45) is 0. The molecule has 3 aromatic rings. The lowest BCUT2D eigenvalue weighted by Crippen LogP contribution is -2.36. The third-order valence-corrected chi connectivity index (χ3v) is 7.72. The SMILES string of the molecule is Cc1c(NC(=O)CSCC(=O)NCC2=NS(=O)(=O)c3ccccc3N2)c(=O)n(-c2ccccc2)n1C. The monoisotopic (exact) mass is 528 g/mol. The van der Waals surface area contributed by atoms with Crippen molar-refractivity contribution in [2.24, 2.45) is 11.4 Å². The minimum atomic E-state index is -3.84. The van der Waals surface area contributed by atoms with Crippen LogP contribution in [0.4, 0.5) is 11.4 Å². The van der Waals surface area contributed by atoms with Crippen LogP contribution in [0.15, 0.2) is 68.7 Å². The highest BCUT2D eigenvalue weighted by molar-refractivity contribution is 8.00. The predicted molar refractivity (Wildman–Crippen MR) is 139 cm³/mol. The Labute approximate surface area is 211 Å². The molecule has 0 saturated heterocycles. The van der Waals surface area contributed by atoms with Gasteiger partial charge in [0, 0.05) is 7.05 Å². The fraction of sp³-hybridized carbons (Fsp3) is 0.217. The zero-order valence-corrected chi connectivity index (χ0v) is 21.1. The molecule has 1 aromatic heterocycles. The molecule has 0 aliphatic carbocycles. The van der Waals surface area contributed by atoms with Gasteiger partial charge in [0.2, 0.25) is 11.8 Å². The molecule has 13 heteroatoms. The maximum atomic E-state index is 12.9. The van der Waals surface area contributed by atoms with Gasteiger partial charge < -0.3 is 16.0 Å². The zero-order chi connectivity index (χ0) is 25.9. The van der Waals surface area contributed by atoms with Crippen LogP contribution in [0.2, 0.25) is 0 Å². The number of nitrogens with zero attached hydrogens (tertiary/aromatic N) is 3. The van der Waals surface area contributed by atoms with Crippen molar-refractivity contribution in [2.75, 3.05) is 28.7 Å². The second kappa shape index (κ2) is 10.4. The van der Waals surface area contributed by atoms with E-state index in [0.29, 0.717) is 17.1 Å². The lowest BCUT2D eigenvalue weighted by atomic mass is 10.3. The van der Waals surface area contributed by atoms with Gasteiger partial charge in [-0.25, -0.2) is 4.68 Å². The highest BCUT2D eigenvalue weighted by Crippen LogP contribution is 2.26. The predicted octanol–water partition coefficient (Wildman–Crippen LogP) is 1.49. The Hall–Kier alpha value is -3.84. The summed E-state index contributed by atoms with van der Waals surface area (Å²) in [6, 6.07) is 15.4. The zero-order valence-electron chi connectivity index (χ0n) is 19.5. The number of anilines is 2. The van der Waals surface area contributed by atoms with Gasteiger partial charge in [-0.1, -0.05) is 30.3 Å². The Morgan fingerprint density at radius 1 is 1.03 bits per heavy atom. The number of carbonyl (C=O) groups is 2. The number of carbonyl (C=O) groups excluding carboxylic acids is 2. The molecule has 3 N–H and O–H groups in total. The lowest BCUT2D eigenvalue weighted by Gasteiger charge is -2.18. The smallest absolute Gasteiger partial charge is 0.295 e. The van der Waals surface area contributed by atoms with E-state index < -0.39 is 21.8 Å². The minimum Gasteiger partial charge on any atom is -0.348 e. The number of aromatic nitrogens is 2. The molecule has 0 spiro atoms. The van der Waals surface area contributed by atoms with E-state index in [1.807, 2.05) is 18.2 Å². The van der Waals surface area contributed by atoms with Crippen LogP contribution < -0.4 is 21.5 Å². The quantitative estimate of drug-likeness (QED) is 0.402. The molecule has 36 heavy (non-hydrogen) atoms. The third-order valence-electron chi connectivity index (χ3n) is 5.41. The van der Waals surface area contributed by atoms with Crippen LogP contribution in [-0.4, -0.2) is 53.5 Å². The molecule has 2 amide bonds. The first-order chi connectivity index (χ1) is 17.2. The molecule has 0 radical (unpaired) electrons. The number of hydrogen-bond donors (Lipinski definition) is 3. The Morgan fingerprint density at radius 3 is 2.44 bits per heavy atom. The molecule has 0 atom stereocenters. The number of thioether (sulfide) groups is 1. The molecular formula is C23H24N6O5S2. The standard InChI is InChI=1S/C23H24N6O5S2/c1-15-22(23(32)29(28(15)2)16-8-4-3-5-9-16)26-21(31)14-35-13-20(30)24-12-19-25-17-10-6-7-11-18(17)36(33,34)27-19/h3-11H,12-14H2,1-2H3,(H,24,30)(H,25,27)(H,26,31). The number of amides is 2. The van der Waals surface area contributed by atoms with Crippen molar-refractivity contribution in [3.05, 3.63) is 70.6 Å². The van der Waals surface area contributed by atoms with E-state index in [1.54, 1.807) is 49.0 Å². The highest BCUT2D eigenvalue weighted by Gasteiger charge is 2.24. The van der Waals surface area contributed by atoms with Crippen molar-refractivity contribution < 1.29 is 18.0 Å². The van der Waals surface area contributed by atoms with E-state index in [2.05, 4.69) is 20.3 Å². The number of nitrogens with one attached hydrogen (secondary N) is 3. The number of benzene rings is 2. The molecule has 2 aromatic carbocycles. The number of hydrogen-bond acceptors (Lipinski definition) is 7. The second-order valence-electron chi connectivity index (χ2n) is 7.89. The Morgan fingerprint density at radius 2 is 1.69 bits per heavy atom. The topological polar surface area (TPSA) is 144 Å². The molecule has 188 valence electrons. The summed E-state index contributed by atoms with van der Waals surface area (Å²) in [6.45, 7) is 1.62. The van der Waals surface area contributed by atoms with Gasteiger partial charge in [-0.15, -0.1) is 16.2 Å². The summed E-state index contributed by atoms with van der Waals surface area (Å²) in [5, 5.41) is 8.12. The van der Waals surface area contributed by atoms with Crippen LogP contribution >= 0.6 is 11.8 Å². The fourth-order valence-electron chi connectivity index (χ4n) is 3.60. The number of fused-ring (bicyclic) bond motifs is 1. The van der Waals surface area contributed by atoms with E-state index in [-0.39, 0.29) is 40.0 Å². The average Bonchev–Trinajstić information content (AvgIpc) is 3.06. The molecule has 4 rings (SSSR count). The molecule has 2 heterocycles. The minimum absolute atomic E-state index is 0.0357. The van der Waals surface area contributed by atoms with Crippen molar-refractivity contribution in [1.29, 1.82) is 0 Å². The largest absolute Gasteiger partial charge is 0.348 e. The summed E-state index contributed by atoms with van der Waals surface area (Å²) >= 11 is 1.06. The molecule has 1 aliphatic rings. The van der Waals surface area contributed by atoms with E-state index in [0.717, 1.165) is 11.8 Å². The summed E-state index contributed by atoms with van der Waals surface area (Å²) in [5.41, 5.74) is 1.49. The van der Waals surface area contributed by atoms with E-state index in [1.165, 1.54) is 10.7 Å². The van der Waals surface area contributed by atoms with Crippen molar-refractivity contribution in [3.63, 3.8) is 0 Å². The van der Waals surface area contributed by atoms with Crippen molar-refractivity contribution >= 4 is 50.8 Å². The first-order valence-electron chi connectivity index (χ1n) is 10.9. The van der Waals surface area contributed by atoms with Gasteiger partial charge >= 0.3 is 0 Å². The summed E-state index contributed by atoms with van der Waals surface area (Å²) < 4.78 is 31.3. The van der Waals surface area contributed by atoms with E-state index in [9.17, 15) is 22.8 Å². The van der Waals surface area contributed by atoms with Gasteiger partial charge in [0.15, 0.2) is 0 Å². The first kappa shape index (κ1) is 25.3. The van der Waals surface area contributed by atoms with Gasteiger partial charge in [0.25, 0.3) is 15.6 Å². The number of amidine groups is 1. The first-order valence-corrected chi connectivity index (χ1v) is 13.4. The molecule has 0 fully saturated rings. The Bertz CT molecular complexity index is 1510. The van der Waals surface area contributed by atoms with Crippen LogP contribution in [0.25, 0.3) is 5.69 Å². The number of sulfonamides is 1. The maximum Gasteiger partial charge on any atom is 0.295 e. The summed E-state index contributed by atoms with van der Waals surface area (Å²) in [7, 11) is -2.11. The third kappa shape index (κ3) is 5.36. The van der Waals surface area contributed by atoms with Crippen LogP contribution in [0.3, 0.4) is 0 Å². The molecular weight excluding hydrogens is 504 g/mol. The second-order valence-corrected chi connectivity index (χ2v) is 10.4. The summed E-state index contributed by atoms with van der Waals surface area (Å²) in [5.74, 6) is -0.797. The molecule has 1 aliphatic heterocycles. The van der Waals surface area contributed by atoms with Crippen molar-refractivity contribution in [2.45, 2.75) is 11.8 Å². The van der Waals surface area contributed by atoms with Crippen LogP contribution in [0.1, 0.15) is 5.69 Å². The van der Waals surface area contributed by atoms with Crippen LogP contribution in [0.5, 0.6) is 0 Å². The van der Waals surface area contributed by atoms with E-state index >= 15 is 0 Å². The lowest BCUT2D eigenvalue weighted by molar-refractivity contribution is -0.118. The molecule has 0 saturated carbocycles. The van der Waals surface area contributed by atoms with E-state index in [4.69, 9.17) is 0 Å². The molecule has 0 bridgehead atoms. The normalized spacial score (nSPS) is 13.8. The Balaban J connectivity index is 1.28.